The molecule has 7 nitrogen and oxygen atoms in total. The lowest BCUT2D eigenvalue weighted by Crippen LogP contribution is -2.42. The highest BCUT2D eigenvalue weighted by Crippen LogP contribution is 2.13. The average molecular weight is 256 g/mol. The van der Waals surface area contributed by atoms with E-state index in [-0.39, 0.29) is 24.8 Å². The summed E-state index contributed by atoms with van der Waals surface area (Å²) < 4.78 is 0. The highest BCUT2D eigenvalue weighted by molar-refractivity contribution is 5.97. The number of aliphatic carboxylic acids is 1. The summed E-state index contributed by atoms with van der Waals surface area (Å²) in [6, 6.07) is -0.975. The van der Waals surface area contributed by atoms with Gasteiger partial charge in [0.05, 0.1) is 0 Å². The summed E-state index contributed by atoms with van der Waals surface area (Å²) in [6.07, 6.45) is 2.18. The number of amides is 3. The summed E-state index contributed by atoms with van der Waals surface area (Å²) in [5.74, 6) is -1.54. The largest absolute Gasteiger partial charge is 0.480 e. The quantitative estimate of drug-likeness (QED) is 0.472. The molecule has 0 aromatic heterocycles. The minimum absolute atomic E-state index is 0.186. The molecule has 0 aromatic carbocycles. The van der Waals surface area contributed by atoms with E-state index in [9.17, 15) is 19.2 Å². The van der Waals surface area contributed by atoms with Gasteiger partial charge < -0.3 is 10.4 Å². The number of carbonyl (C=O) groups excluding carboxylic acids is 3. The zero-order valence-electron chi connectivity index (χ0n) is 9.92. The van der Waals surface area contributed by atoms with Crippen molar-refractivity contribution in [1.29, 1.82) is 0 Å². The van der Waals surface area contributed by atoms with Crippen molar-refractivity contribution < 1.29 is 24.3 Å². The smallest absolute Gasteiger partial charge is 0.326 e. The maximum atomic E-state index is 11.5. The second-order valence-corrected chi connectivity index (χ2v) is 4.11. The molecule has 1 saturated heterocycles. The van der Waals surface area contributed by atoms with Gasteiger partial charge in [0.15, 0.2) is 0 Å². The fourth-order valence-corrected chi connectivity index (χ4v) is 1.86. The molecule has 1 atom stereocenters. The molecule has 0 radical (unpaired) electrons. The van der Waals surface area contributed by atoms with Gasteiger partial charge in [-0.3, -0.25) is 19.3 Å². The van der Waals surface area contributed by atoms with Gasteiger partial charge in [-0.05, 0) is 19.3 Å². The lowest BCUT2D eigenvalue weighted by atomic mass is 10.1. The minimum atomic E-state index is -1.13. The van der Waals surface area contributed by atoms with Gasteiger partial charge >= 0.3 is 5.97 Å². The molecule has 1 unspecified atom stereocenters. The molecule has 2 N–H and O–H groups in total. The van der Waals surface area contributed by atoms with Gasteiger partial charge in [-0.2, -0.15) is 0 Å². The standard InChI is InChI=1S/C11H16N2O5/c14-7-12-8(11(17)18)3-2-6-13-9(15)4-1-5-10(13)16/h7-8H,1-6H2,(H,12,14)(H,17,18). The molecule has 3 amide bonds. The molecular weight excluding hydrogens is 240 g/mol. The Bertz CT molecular complexity index is 339. The van der Waals surface area contributed by atoms with Crippen molar-refractivity contribution in [1.82, 2.24) is 10.2 Å². The number of carbonyl (C=O) groups is 4. The monoisotopic (exact) mass is 256 g/mol. The summed E-state index contributed by atoms with van der Waals surface area (Å²) >= 11 is 0. The Labute approximate surface area is 104 Å². The third-order valence-corrected chi connectivity index (χ3v) is 2.83. The van der Waals surface area contributed by atoms with Gasteiger partial charge in [-0.1, -0.05) is 0 Å². The SMILES string of the molecule is O=CNC(CCCN1C(=O)CCCC1=O)C(=O)O. The van der Waals surface area contributed by atoms with Crippen molar-refractivity contribution in [2.45, 2.75) is 38.1 Å². The molecule has 0 bridgehead atoms. The Hall–Kier alpha value is -1.92. The molecule has 1 aliphatic rings. The van der Waals surface area contributed by atoms with E-state index in [0.717, 1.165) is 0 Å². The third-order valence-electron chi connectivity index (χ3n) is 2.83. The summed E-state index contributed by atoms with van der Waals surface area (Å²) in [4.78, 5) is 45.0. The molecule has 1 heterocycles. The van der Waals surface area contributed by atoms with Crippen molar-refractivity contribution in [3.05, 3.63) is 0 Å². The third kappa shape index (κ3) is 3.83. The van der Waals surface area contributed by atoms with Crippen LogP contribution in [0.15, 0.2) is 0 Å². The predicted molar refractivity (Wildman–Crippen MR) is 60.4 cm³/mol. The van der Waals surface area contributed by atoms with Gasteiger partial charge in [0.25, 0.3) is 0 Å². The number of rotatable bonds is 7. The number of carboxylic acids is 1. The Morgan fingerprint density at radius 1 is 1.39 bits per heavy atom. The number of likely N-dealkylation sites (tertiary alicyclic amines) is 1. The zero-order valence-corrected chi connectivity index (χ0v) is 9.92. The molecule has 1 rings (SSSR count). The van der Waals surface area contributed by atoms with Crippen LogP contribution in [0.1, 0.15) is 32.1 Å². The maximum Gasteiger partial charge on any atom is 0.326 e. The van der Waals surface area contributed by atoms with Gasteiger partial charge in [0.1, 0.15) is 6.04 Å². The number of nitrogens with one attached hydrogen (secondary N) is 1. The van der Waals surface area contributed by atoms with E-state index in [1.54, 1.807) is 0 Å². The van der Waals surface area contributed by atoms with Crippen molar-refractivity contribution in [2.75, 3.05) is 6.54 Å². The first-order valence-corrected chi connectivity index (χ1v) is 5.82. The van der Waals surface area contributed by atoms with Crippen molar-refractivity contribution >= 4 is 24.2 Å². The summed E-state index contributed by atoms with van der Waals surface area (Å²) in [5, 5.41) is 11.0. The number of piperidine rings is 1. The van der Waals surface area contributed by atoms with Gasteiger partial charge in [0.2, 0.25) is 18.2 Å². The number of carboxylic acid groups (broad SMARTS) is 1. The van der Waals surface area contributed by atoms with Crippen LogP contribution in [0.5, 0.6) is 0 Å². The van der Waals surface area contributed by atoms with Crippen LogP contribution >= 0.6 is 0 Å². The first-order valence-electron chi connectivity index (χ1n) is 5.82. The normalized spacial score (nSPS) is 17.4. The van der Waals surface area contributed by atoms with E-state index >= 15 is 0 Å². The maximum absolute atomic E-state index is 11.5. The Kier molecular flexibility index (Phi) is 5.29. The molecule has 0 spiro atoms. The Morgan fingerprint density at radius 2 is 2.00 bits per heavy atom. The first-order chi connectivity index (χ1) is 8.56. The van der Waals surface area contributed by atoms with Crippen LogP contribution in [-0.2, 0) is 19.2 Å². The Morgan fingerprint density at radius 3 is 2.50 bits per heavy atom. The number of imide groups is 1. The van der Waals surface area contributed by atoms with Crippen LogP contribution in [0, 0.1) is 0 Å². The molecular formula is C11H16N2O5. The van der Waals surface area contributed by atoms with Crippen LogP contribution in [0.2, 0.25) is 0 Å². The van der Waals surface area contributed by atoms with Crippen molar-refractivity contribution in [3.63, 3.8) is 0 Å². The molecule has 0 saturated carbocycles. The highest BCUT2D eigenvalue weighted by atomic mass is 16.4. The van der Waals surface area contributed by atoms with Crippen molar-refractivity contribution in [2.24, 2.45) is 0 Å². The van der Waals surface area contributed by atoms with Gasteiger partial charge in [-0.15, -0.1) is 0 Å². The van der Waals surface area contributed by atoms with Crippen molar-refractivity contribution in [3.8, 4) is 0 Å². The molecule has 7 heteroatoms. The fourth-order valence-electron chi connectivity index (χ4n) is 1.86. The van der Waals surface area contributed by atoms with E-state index < -0.39 is 12.0 Å². The first kappa shape index (κ1) is 14.1. The average Bonchev–Trinajstić information content (AvgIpc) is 2.31. The summed E-state index contributed by atoms with van der Waals surface area (Å²) in [6.45, 7) is 0.210. The number of nitrogens with zero attached hydrogens (tertiary/aromatic N) is 1. The second kappa shape index (κ2) is 6.73. The van der Waals surface area contributed by atoms with Crippen LogP contribution in [-0.4, -0.2) is 46.8 Å². The minimum Gasteiger partial charge on any atom is -0.480 e. The van der Waals surface area contributed by atoms with E-state index in [4.69, 9.17) is 5.11 Å². The van der Waals surface area contributed by atoms with Gasteiger partial charge in [-0.25, -0.2) is 4.79 Å². The second-order valence-electron chi connectivity index (χ2n) is 4.11. The highest BCUT2D eigenvalue weighted by Gasteiger charge is 2.26. The molecule has 1 fully saturated rings. The van der Waals surface area contributed by atoms with Crippen LogP contribution < -0.4 is 5.32 Å². The van der Waals surface area contributed by atoms with E-state index in [0.29, 0.717) is 32.1 Å². The van der Waals surface area contributed by atoms with E-state index in [1.807, 2.05) is 0 Å². The van der Waals surface area contributed by atoms with Crippen LogP contribution in [0.4, 0.5) is 0 Å². The topological polar surface area (TPSA) is 104 Å². The molecule has 0 aliphatic carbocycles. The molecule has 1 aliphatic heterocycles. The van der Waals surface area contributed by atoms with Crippen LogP contribution in [0.3, 0.4) is 0 Å². The molecule has 18 heavy (non-hydrogen) atoms. The predicted octanol–water partition coefficient (Wildman–Crippen LogP) is -0.495. The zero-order chi connectivity index (χ0) is 13.5. The molecule has 100 valence electrons. The number of hydrogen-bond donors (Lipinski definition) is 2. The summed E-state index contributed by atoms with van der Waals surface area (Å²) in [7, 11) is 0. The van der Waals surface area contributed by atoms with E-state index in [2.05, 4.69) is 5.32 Å². The lowest BCUT2D eigenvalue weighted by Gasteiger charge is -2.25. The molecule has 0 aromatic rings. The van der Waals surface area contributed by atoms with Crippen LogP contribution in [0.25, 0.3) is 0 Å². The summed E-state index contributed by atoms with van der Waals surface area (Å²) in [5.41, 5.74) is 0. The lowest BCUT2D eigenvalue weighted by molar-refractivity contribution is -0.148. The van der Waals surface area contributed by atoms with Gasteiger partial charge in [0, 0.05) is 19.4 Å². The fraction of sp³-hybridized carbons (Fsp3) is 0.636. The number of hydrogen-bond acceptors (Lipinski definition) is 4. The Balaban J connectivity index is 2.39. The van der Waals surface area contributed by atoms with E-state index in [1.165, 1.54) is 4.90 Å².